The summed E-state index contributed by atoms with van der Waals surface area (Å²) >= 11 is 11.7. The van der Waals surface area contributed by atoms with Gasteiger partial charge in [0.2, 0.25) is 0 Å². The molecule has 0 nitrogen and oxygen atoms in total. The quantitative estimate of drug-likeness (QED) is 0.114. The minimum absolute atomic E-state index is 0.140. The molecule has 1 atom stereocenters. The number of benzene rings is 10. The van der Waals surface area contributed by atoms with Crippen LogP contribution in [0.25, 0.3) is 0 Å². The van der Waals surface area contributed by atoms with E-state index in [1.54, 1.807) is 24.3 Å². The molecule has 0 fully saturated rings. The molecule has 0 aliphatic carbocycles. The van der Waals surface area contributed by atoms with Crippen LogP contribution in [0.2, 0.25) is 10.0 Å². The first kappa shape index (κ1) is 72.9. The van der Waals surface area contributed by atoms with Crippen molar-refractivity contribution in [3.8, 4) is 0 Å². The van der Waals surface area contributed by atoms with Gasteiger partial charge < -0.3 is 0 Å². The van der Waals surface area contributed by atoms with Gasteiger partial charge in [-0.05, 0) is 141 Å². The minimum atomic E-state index is -0.241. The summed E-state index contributed by atoms with van der Waals surface area (Å²) in [4.78, 5) is 0. The Balaban J connectivity index is 0.000000263. The summed E-state index contributed by atoms with van der Waals surface area (Å²) in [5.74, 6) is 2.75. The first-order chi connectivity index (χ1) is 41.5. The molecule has 10 aromatic rings. The second-order valence-electron chi connectivity index (χ2n) is 22.0. The van der Waals surface area contributed by atoms with Crippen LogP contribution in [-0.4, -0.2) is 0 Å². The fourth-order valence-corrected chi connectivity index (χ4v) is 8.60. The molecule has 0 bridgehead atoms. The highest BCUT2D eigenvalue weighted by Crippen LogP contribution is 2.28. The molecule has 0 saturated heterocycles. The number of rotatable bonds is 12. The lowest BCUT2D eigenvalue weighted by Gasteiger charge is -2.12. The summed E-state index contributed by atoms with van der Waals surface area (Å²) in [7, 11) is 0. The highest BCUT2D eigenvalue weighted by molar-refractivity contribution is 6.30. The zero-order valence-electron chi connectivity index (χ0n) is 53.4. The highest BCUT2D eigenvalue weighted by Gasteiger charge is 2.10. The Morgan fingerprint density at radius 1 is 0.267 bits per heavy atom. The Bertz CT molecular complexity index is 2910. The van der Waals surface area contributed by atoms with E-state index in [1.165, 1.54) is 81.6 Å². The normalized spacial score (nSPS) is 10.5. The molecule has 0 radical (unpaired) electrons. The Labute approximate surface area is 529 Å². The monoisotopic (exact) mass is 1190 g/mol. The molecule has 10 aromatic carbocycles. The van der Waals surface area contributed by atoms with Crippen LogP contribution in [0.5, 0.6) is 0 Å². The van der Waals surface area contributed by atoms with Crippen LogP contribution in [0, 0.1) is 17.6 Å². The summed E-state index contributed by atoms with van der Waals surface area (Å²) in [6, 6.07) is 91.9. The van der Waals surface area contributed by atoms with Gasteiger partial charge in [-0.2, -0.15) is 0 Å². The second-order valence-corrected chi connectivity index (χ2v) is 22.8. The van der Waals surface area contributed by atoms with Crippen molar-refractivity contribution in [1.82, 2.24) is 0 Å². The number of halogens is 4. The lowest BCUT2D eigenvalue weighted by molar-refractivity contribution is 0.625. The smallest absolute Gasteiger partial charge is 0.123 e. The second kappa shape index (κ2) is 43.3. The van der Waals surface area contributed by atoms with Crippen molar-refractivity contribution in [3.63, 3.8) is 0 Å². The van der Waals surface area contributed by atoms with Crippen LogP contribution in [0.3, 0.4) is 0 Å². The van der Waals surface area contributed by atoms with E-state index in [-0.39, 0.29) is 17.6 Å². The lowest BCUT2D eigenvalue weighted by Crippen LogP contribution is -1.96. The van der Waals surface area contributed by atoms with Crippen molar-refractivity contribution in [1.29, 1.82) is 0 Å². The van der Waals surface area contributed by atoms with E-state index in [1.807, 2.05) is 49.4 Å². The molecule has 0 spiro atoms. The van der Waals surface area contributed by atoms with E-state index >= 15 is 0 Å². The van der Waals surface area contributed by atoms with Crippen LogP contribution in [0.1, 0.15) is 181 Å². The molecular formula is C82H96Cl2F2. The molecule has 4 heteroatoms. The molecular weight excluding hydrogens is 1090 g/mol. The molecule has 0 aliphatic rings. The first-order valence-corrected chi connectivity index (χ1v) is 31.5. The fraction of sp³-hybridized carbons (Fsp3) is 0.268. The first-order valence-electron chi connectivity index (χ1n) is 30.8. The van der Waals surface area contributed by atoms with Crippen molar-refractivity contribution in [3.05, 3.63) is 356 Å². The molecule has 1 unspecified atom stereocenters. The van der Waals surface area contributed by atoms with Crippen LogP contribution in [0.15, 0.2) is 279 Å². The molecule has 86 heavy (non-hydrogen) atoms. The summed E-state index contributed by atoms with van der Waals surface area (Å²) in [5, 5.41) is 1.54. The standard InChI is InChI=1S/C14H12Cl2.C14H12F2.C14H14.C10H14.C9H12.2C8H10.C5H12/c2*1-10(11-2-6-13(15)7-3-11)12-4-8-14(16)9-5-12;1-12(13-8-4-2-5-9-13)14-10-6-3-7-11-14;1-3-9(2)10-7-5-4-6-8-10;1-8(2)9-6-4-3-5-7-9;2*1-2-8-6-4-3-5-7-8;1-4-5(2)3/h2*2-10H,1H3;2-12H,1H3;4-9H,3H2,1-2H3;3-8H,1-2H3;2*3-7H,2H2,1H3;5H,4H2,1-3H3. The molecule has 0 amide bonds. The summed E-state index contributed by atoms with van der Waals surface area (Å²) in [5.41, 5.74) is 13.0. The summed E-state index contributed by atoms with van der Waals surface area (Å²) < 4.78 is 25.5. The Kier molecular flexibility index (Phi) is 36.7. The van der Waals surface area contributed by atoms with Crippen LogP contribution >= 0.6 is 23.2 Å². The van der Waals surface area contributed by atoms with Gasteiger partial charge in [-0.1, -0.05) is 343 Å². The van der Waals surface area contributed by atoms with Crippen molar-refractivity contribution in [2.75, 3.05) is 0 Å². The van der Waals surface area contributed by atoms with Crippen LogP contribution in [-0.2, 0) is 12.8 Å². The van der Waals surface area contributed by atoms with Gasteiger partial charge in [-0.15, -0.1) is 0 Å². The average molecular weight is 1190 g/mol. The van der Waals surface area contributed by atoms with E-state index in [0.717, 1.165) is 39.9 Å². The zero-order valence-corrected chi connectivity index (χ0v) is 54.9. The van der Waals surface area contributed by atoms with E-state index in [0.29, 0.717) is 23.7 Å². The largest absolute Gasteiger partial charge is 0.207 e. The third-order valence-corrected chi connectivity index (χ3v) is 15.3. The molecule has 10 rings (SSSR count). The zero-order chi connectivity index (χ0) is 62.9. The molecule has 0 aliphatic heterocycles. The van der Waals surface area contributed by atoms with Crippen LogP contribution < -0.4 is 0 Å². The van der Waals surface area contributed by atoms with Gasteiger partial charge in [0.05, 0.1) is 0 Å². The predicted octanol–water partition coefficient (Wildman–Crippen LogP) is 25.7. The fourth-order valence-electron chi connectivity index (χ4n) is 8.35. The van der Waals surface area contributed by atoms with Crippen molar-refractivity contribution >= 4 is 23.2 Å². The Morgan fingerprint density at radius 2 is 0.488 bits per heavy atom. The number of aryl methyl sites for hydroxylation is 2. The van der Waals surface area contributed by atoms with Gasteiger partial charge in [0, 0.05) is 27.8 Å². The summed E-state index contributed by atoms with van der Waals surface area (Å²) in [6.07, 6.45) is 4.81. The average Bonchev–Trinajstić information content (AvgIpc) is 3.76. The topological polar surface area (TPSA) is 0 Å². The van der Waals surface area contributed by atoms with Crippen molar-refractivity contribution in [2.45, 2.75) is 138 Å². The molecule has 452 valence electrons. The van der Waals surface area contributed by atoms with Crippen molar-refractivity contribution < 1.29 is 8.78 Å². The van der Waals surface area contributed by atoms with Crippen molar-refractivity contribution in [2.24, 2.45) is 5.92 Å². The molecule has 0 N–H and O–H groups in total. The van der Waals surface area contributed by atoms with E-state index < -0.39 is 0 Å². The van der Waals surface area contributed by atoms with Gasteiger partial charge in [-0.3, -0.25) is 0 Å². The number of hydrogen-bond donors (Lipinski definition) is 0. The predicted molar refractivity (Wildman–Crippen MR) is 374 cm³/mol. The highest BCUT2D eigenvalue weighted by atomic mass is 35.5. The van der Waals surface area contributed by atoms with Gasteiger partial charge >= 0.3 is 0 Å². The Morgan fingerprint density at radius 3 is 0.698 bits per heavy atom. The number of hydrogen-bond acceptors (Lipinski definition) is 0. The lowest BCUT2D eigenvalue weighted by atomic mass is 9.93. The maximum Gasteiger partial charge on any atom is 0.123 e. The van der Waals surface area contributed by atoms with Gasteiger partial charge in [0.1, 0.15) is 11.6 Å². The third kappa shape index (κ3) is 30.1. The maximum atomic E-state index is 12.8. The minimum Gasteiger partial charge on any atom is -0.207 e. The van der Waals surface area contributed by atoms with Gasteiger partial charge in [0.15, 0.2) is 0 Å². The van der Waals surface area contributed by atoms with Gasteiger partial charge in [-0.25, -0.2) is 8.78 Å². The van der Waals surface area contributed by atoms with Crippen LogP contribution in [0.4, 0.5) is 8.78 Å². The SMILES string of the molecule is CC(C)c1ccccc1.CC(c1ccc(Cl)cc1)c1ccc(Cl)cc1.CC(c1ccc(F)cc1)c1ccc(F)cc1.CC(c1ccccc1)c1ccccc1.CCC(C)C.CCC(C)c1ccccc1.CCc1ccccc1.CCc1ccccc1. The van der Waals surface area contributed by atoms with E-state index in [4.69, 9.17) is 23.2 Å². The molecule has 0 heterocycles. The Hall–Kier alpha value is -7.36. The van der Waals surface area contributed by atoms with E-state index in [2.05, 4.69) is 264 Å². The molecule has 0 aromatic heterocycles. The van der Waals surface area contributed by atoms with Gasteiger partial charge in [0.25, 0.3) is 0 Å². The maximum absolute atomic E-state index is 12.8. The van der Waals surface area contributed by atoms with E-state index in [9.17, 15) is 8.78 Å². The summed E-state index contributed by atoms with van der Waals surface area (Å²) in [6.45, 7) is 26.3. The third-order valence-electron chi connectivity index (χ3n) is 14.8. The molecule has 0 saturated carbocycles.